The minimum absolute atomic E-state index is 0.0228. The van der Waals surface area contributed by atoms with Gasteiger partial charge in [-0.3, -0.25) is 4.90 Å². The number of nitrogens with two attached hydrogens (primary N) is 1. The molecule has 3 N–H and O–H groups in total. The molecule has 0 aromatic heterocycles. The van der Waals surface area contributed by atoms with Crippen LogP contribution in [0.4, 0.5) is 5.69 Å². The molecule has 2 saturated heterocycles. The third-order valence-corrected chi connectivity index (χ3v) is 6.22. The number of anilines is 1. The number of hydrogen-bond donors (Lipinski definition) is 2. The maximum Gasteiger partial charge on any atom is 0.242 e. The molecule has 5 nitrogen and oxygen atoms in total. The van der Waals surface area contributed by atoms with Crippen molar-refractivity contribution in [1.29, 1.82) is 0 Å². The Morgan fingerprint density at radius 2 is 2.05 bits per heavy atom. The molecule has 2 fully saturated rings. The lowest BCUT2D eigenvalue weighted by Gasteiger charge is -2.32. The Labute approximate surface area is 130 Å². The molecule has 1 aromatic rings. The molecular formula is C14H20ClN3O2S. The van der Waals surface area contributed by atoms with Gasteiger partial charge in [-0.2, -0.15) is 0 Å². The van der Waals surface area contributed by atoms with Gasteiger partial charge in [0.25, 0.3) is 0 Å². The molecule has 2 aliphatic heterocycles. The standard InChI is InChI=1S/C14H20ClN3O2S/c15-10-4-5-14(11(16)9-10)21(19,20)17-12-6-8-18-7-2-1-3-13(12)18/h4-5,9,12-13,17H,1-3,6-8,16H2. The van der Waals surface area contributed by atoms with Crippen LogP contribution >= 0.6 is 11.6 Å². The summed E-state index contributed by atoms with van der Waals surface area (Å²) in [6.45, 7) is 2.04. The first-order valence-corrected chi connectivity index (χ1v) is 9.15. The van der Waals surface area contributed by atoms with Gasteiger partial charge in [0.05, 0.1) is 5.69 Å². The summed E-state index contributed by atoms with van der Waals surface area (Å²) in [7, 11) is -3.60. The number of rotatable bonds is 3. The monoisotopic (exact) mass is 329 g/mol. The van der Waals surface area contributed by atoms with Crippen molar-refractivity contribution in [1.82, 2.24) is 9.62 Å². The van der Waals surface area contributed by atoms with Crippen LogP contribution in [0.5, 0.6) is 0 Å². The Morgan fingerprint density at radius 1 is 1.24 bits per heavy atom. The molecule has 2 aliphatic rings. The van der Waals surface area contributed by atoms with Gasteiger partial charge < -0.3 is 5.73 Å². The van der Waals surface area contributed by atoms with Crippen LogP contribution in [0.3, 0.4) is 0 Å². The highest BCUT2D eigenvalue weighted by Crippen LogP contribution is 2.29. The van der Waals surface area contributed by atoms with E-state index in [1.54, 1.807) is 6.07 Å². The van der Waals surface area contributed by atoms with E-state index in [0.717, 1.165) is 25.9 Å². The fraction of sp³-hybridized carbons (Fsp3) is 0.571. The number of sulfonamides is 1. The maximum atomic E-state index is 12.5. The first kappa shape index (κ1) is 15.1. The van der Waals surface area contributed by atoms with Gasteiger partial charge in [-0.05, 0) is 44.0 Å². The van der Waals surface area contributed by atoms with E-state index in [-0.39, 0.29) is 16.6 Å². The zero-order valence-corrected chi connectivity index (χ0v) is 13.3. The van der Waals surface area contributed by atoms with Crippen LogP contribution in [-0.4, -0.2) is 38.5 Å². The normalized spacial score (nSPS) is 26.7. The molecule has 2 unspecified atom stereocenters. The highest BCUT2D eigenvalue weighted by Gasteiger charge is 2.38. The van der Waals surface area contributed by atoms with Crippen molar-refractivity contribution in [3.8, 4) is 0 Å². The summed E-state index contributed by atoms with van der Waals surface area (Å²) in [5.74, 6) is 0. The van der Waals surface area contributed by atoms with E-state index in [4.69, 9.17) is 17.3 Å². The summed E-state index contributed by atoms with van der Waals surface area (Å²) in [4.78, 5) is 2.50. The smallest absolute Gasteiger partial charge is 0.242 e. The lowest BCUT2D eigenvalue weighted by Crippen LogP contribution is -2.46. The summed E-state index contributed by atoms with van der Waals surface area (Å²) in [5, 5.41) is 0.436. The molecule has 0 bridgehead atoms. The van der Waals surface area contributed by atoms with Crippen molar-refractivity contribution in [2.24, 2.45) is 0 Å². The molecule has 116 valence electrons. The first-order chi connectivity index (χ1) is 9.97. The molecular weight excluding hydrogens is 310 g/mol. The molecule has 3 rings (SSSR count). The predicted octanol–water partition coefficient (Wildman–Crippen LogP) is 1.83. The van der Waals surface area contributed by atoms with Crippen LogP contribution in [0.15, 0.2) is 23.1 Å². The van der Waals surface area contributed by atoms with Gasteiger partial charge in [-0.25, -0.2) is 13.1 Å². The van der Waals surface area contributed by atoms with Gasteiger partial charge in [0.1, 0.15) is 4.90 Å². The zero-order valence-electron chi connectivity index (χ0n) is 11.8. The van der Waals surface area contributed by atoms with Crippen molar-refractivity contribution in [2.75, 3.05) is 18.8 Å². The van der Waals surface area contributed by atoms with E-state index in [9.17, 15) is 8.42 Å². The van der Waals surface area contributed by atoms with Gasteiger partial charge in [-0.15, -0.1) is 0 Å². The molecule has 21 heavy (non-hydrogen) atoms. The second kappa shape index (κ2) is 5.76. The number of nitrogen functional groups attached to an aromatic ring is 1. The predicted molar refractivity (Wildman–Crippen MR) is 83.8 cm³/mol. The van der Waals surface area contributed by atoms with Crippen molar-refractivity contribution < 1.29 is 8.42 Å². The maximum absolute atomic E-state index is 12.5. The molecule has 0 aliphatic carbocycles. The van der Waals surface area contributed by atoms with Crippen LogP contribution in [0.2, 0.25) is 5.02 Å². The van der Waals surface area contributed by atoms with Crippen molar-refractivity contribution in [3.63, 3.8) is 0 Å². The van der Waals surface area contributed by atoms with E-state index in [2.05, 4.69) is 9.62 Å². The van der Waals surface area contributed by atoms with Gasteiger partial charge in [-0.1, -0.05) is 18.0 Å². The number of halogens is 1. The number of nitrogens with zero attached hydrogens (tertiary/aromatic N) is 1. The van der Waals surface area contributed by atoms with E-state index in [1.807, 2.05) is 0 Å². The highest BCUT2D eigenvalue weighted by molar-refractivity contribution is 7.89. The Morgan fingerprint density at radius 3 is 2.81 bits per heavy atom. The molecule has 2 heterocycles. The summed E-state index contributed by atoms with van der Waals surface area (Å²) in [6, 6.07) is 4.78. The third-order valence-electron chi connectivity index (χ3n) is 4.42. The number of nitrogens with one attached hydrogen (secondary N) is 1. The molecule has 0 saturated carbocycles. The van der Waals surface area contributed by atoms with E-state index in [0.29, 0.717) is 11.1 Å². The summed E-state index contributed by atoms with van der Waals surface area (Å²) in [5.41, 5.74) is 5.99. The SMILES string of the molecule is Nc1cc(Cl)ccc1S(=O)(=O)NC1CCN2CCCCC12. The Hall–Kier alpha value is -0.820. The Balaban J connectivity index is 1.80. The van der Waals surface area contributed by atoms with Crippen LogP contribution in [-0.2, 0) is 10.0 Å². The van der Waals surface area contributed by atoms with Crippen molar-refractivity contribution >= 4 is 27.3 Å². The van der Waals surface area contributed by atoms with E-state index in [1.165, 1.54) is 25.0 Å². The number of piperidine rings is 1. The Bertz CT molecular complexity index is 635. The molecule has 2 atom stereocenters. The van der Waals surface area contributed by atoms with Crippen molar-refractivity contribution in [2.45, 2.75) is 42.7 Å². The fourth-order valence-corrected chi connectivity index (χ4v) is 5.01. The minimum Gasteiger partial charge on any atom is -0.398 e. The summed E-state index contributed by atoms with van der Waals surface area (Å²) < 4.78 is 27.9. The van der Waals surface area contributed by atoms with Gasteiger partial charge in [0.15, 0.2) is 0 Å². The van der Waals surface area contributed by atoms with Crippen LogP contribution in [0.1, 0.15) is 25.7 Å². The van der Waals surface area contributed by atoms with E-state index < -0.39 is 10.0 Å². The van der Waals surface area contributed by atoms with Crippen molar-refractivity contribution in [3.05, 3.63) is 23.2 Å². The second-order valence-corrected chi connectivity index (χ2v) is 7.92. The quantitative estimate of drug-likeness (QED) is 0.830. The zero-order chi connectivity index (χ0) is 15.0. The fourth-order valence-electron chi connectivity index (χ4n) is 3.41. The minimum atomic E-state index is -3.60. The van der Waals surface area contributed by atoms with Gasteiger partial charge in [0, 0.05) is 23.7 Å². The largest absolute Gasteiger partial charge is 0.398 e. The van der Waals surface area contributed by atoms with Crippen LogP contribution < -0.4 is 10.5 Å². The summed E-state index contributed by atoms with van der Waals surface area (Å²) in [6.07, 6.45) is 4.29. The van der Waals surface area contributed by atoms with Crippen LogP contribution in [0, 0.1) is 0 Å². The number of benzene rings is 1. The average molecular weight is 330 g/mol. The molecule has 0 radical (unpaired) electrons. The molecule has 0 spiro atoms. The average Bonchev–Trinajstić information content (AvgIpc) is 2.81. The van der Waals surface area contributed by atoms with Gasteiger partial charge in [0.2, 0.25) is 10.0 Å². The van der Waals surface area contributed by atoms with Gasteiger partial charge >= 0.3 is 0 Å². The second-order valence-electron chi connectivity index (χ2n) is 5.80. The number of hydrogen-bond acceptors (Lipinski definition) is 4. The van der Waals surface area contributed by atoms with Crippen LogP contribution in [0.25, 0.3) is 0 Å². The molecule has 7 heteroatoms. The molecule has 0 amide bonds. The summed E-state index contributed by atoms with van der Waals surface area (Å²) >= 11 is 5.83. The first-order valence-electron chi connectivity index (χ1n) is 7.29. The molecule has 1 aromatic carbocycles. The Kier molecular flexibility index (Phi) is 4.14. The lowest BCUT2D eigenvalue weighted by atomic mass is 10.00. The highest BCUT2D eigenvalue weighted by atomic mass is 35.5. The van der Waals surface area contributed by atoms with E-state index >= 15 is 0 Å². The third kappa shape index (κ3) is 3.04. The topological polar surface area (TPSA) is 75.4 Å². The number of fused-ring (bicyclic) bond motifs is 1. The lowest BCUT2D eigenvalue weighted by molar-refractivity contribution is 0.186.